The summed E-state index contributed by atoms with van der Waals surface area (Å²) in [6, 6.07) is 14.2. The topological polar surface area (TPSA) is 60.4 Å². The summed E-state index contributed by atoms with van der Waals surface area (Å²) < 4.78 is 0.791. The summed E-state index contributed by atoms with van der Waals surface area (Å²) in [6.45, 7) is 0. The predicted octanol–water partition coefficient (Wildman–Crippen LogP) is 2.43. The first-order valence-electron chi connectivity index (χ1n) is 5.81. The predicted molar refractivity (Wildman–Crippen MR) is 73.7 cm³/mol. The fraction of sp³-hybridized carbons (Fsp3) is 0.133. The number of hydrogen-bond donors (Lipinski definition) is 1. The highest BCUT2D eigenvalue weighted by Crippen LogP contribution is 2.35. The SMILES string of the molecule is O=C([O-])C[C@H](c1ccccc1)c1cc(Br)ccc1O. The first kappa shape index (κ1) is 13.6. The molecule has 0 bridgehead atoms. The Morgan fingerprint density at radius 1 is 1.21 bits per heavy atom. The first-order valence-corrected chi connectivity index (χ1v) is 6.60. The van der Waals surface area contributed by atoms with Gasteiger partial charge in [-0.15, -0.1) is 0 Å². The van der Waals surface area contributed by atoms with Crippen LogP contribution in [0, 0.1) is 0 Å². The Kier molecular flexibility index (Phi) is 4.22. The highest BCUT2D eigenvalue weighted by molar-refractivity contribution is 9.10. The summed E-state index contributed by atoms with van der Waals surface area (Å²) >= 11 is 3.33. The van der Waals surface area contributed by atoms with Gasteiger partial charge < -0.3 is 15.0 Å². The van der Waals surface area contributed by atoms with Gasteiger partial charge in [0.1, 0.15) is 5.75 Å². The molecule has 0 radical (unpaired) electrons. The van der Waals surface area contributed by atoms with E-state index in [-0.39, 0.29) is 12.2 Å². The van der Waals surface area contributed by atoms with E-state index in [0.29, 0.717) is 5.56 Å². The van der Waals surface area contributed by atoms with Crippen LogP contribution in [0.5, 0.6) is 5.75 Å². The Labute approximate surface area is 119 Å². The highest BCUT2D eigenvalue weighted by atomic mass is 79.9. The van der Waals surface area contributed by atoms with E-state index in [2.05, 4.69) is 15.9 Å². The van der Waals surface area contributed by atoms with Gasteiger partial charge in [0.05, 0.1) is 0 Å². The van der Waals surface area contributed by atoms with Crippen LogP contribution in [0.1, 0.15) is 23.5 Å². The molecule has 1 atom stereocenters. The number of phenolic OH excluding ortho intramolecular Hbond substituents is 1. The monoisotopic (exact) mass is 319 g/mol. The van der Waals surface area contributed by atoms with Crippen molar-refractivity contribution in [2.24, 2.45) is 0 Å². The Balaban J connectivity index is 2.48. The highest BCUT2D eigenvalue weighted by Gasteiger charge is 2.18. The van der Waals surface area contributed by atoms with Crippen LogP contribution in [0.25, 0.3) is 0 Å². The standard InChI is InChI=1S/C15H13BrO3/c16-11-6-7-14(17)13(8-11)12(9-15(18)19)10-4-2-1-3-5-10/h1-8,12,17H,9H2,(H,18,19)/p-1/t12-/m1/s1. The van der Waals surface area contributed by atoms with Gasteiger partial charge in [0.15, 0.2) is 0 Å². The van der Waals surface area contributed by atoms with Crippen LogP contribution in [-0.4, -0.2) is 11.1 Å². The lowest BCUT2D eigenvalue weighted by Gasteiger charge is -2.20. The third-order valence-corrected chi connectivity index (χ3v) is 3.43. The second-order valence-corrected chi connectivity index (χ2v) is 5.16. The molecular weight excluding hydrogens is 308 g/mol. The second-order valence-electron chi connectivity index (χ2n) is 4.24. The van der Waals surface area contributed by atoms with Crippen LogP contribution >= 0.6 is 15.9 Å². The lowest BCUT2D eigenvalue weighted by molar-refractivity contribution is -0.305. The minimum atomic E-state index is -1.15. The average molecular weight is 320 g/mol. The van der Waals surface area contributed by atoms with Crippen LogP contribution < -0.4 is 5.11 Å². The lowest BCUT2D eigenvalue weighted by atomic mass is 9.88. The third-order valence-electron chi connectivity index (χ3n) is 2.94. The molecule has 0 heterocycles. The fourth-order valence-corrected chi connectivity index (χ4v) is 2.44. The molecule has 19 heavy (non-hydrogen) atoms. The molecule has 0 unspecified atom stereocenters. The largest absolute Gasteiger partial charge is 0.550 e. The molecule has 0 saturated carbocycles. The van der Waals surface area contributed by atoms with Crippen molar-refractivity contribution in [2.45, 2.75) is 12.3 Å². The first-order chi connectivity index (χ1) is 9.08. The van der Waals surface area contributed by atoms with E-state index < -0.39 is 11.9 Å². The molecule has 2 aromatic carbocycles. The number of phenols is 1. The molecular formula is C15H12BrO3-. The minimum Gasteiger partial charge on any atom is -0.550 e. The molecule has 0 aliphatic heterocycles. The summed E-state index contributed by atoms with van der Waals surface area (Å²) in [7, 11) is 0. The molecule has 2 rings (SSSR count). The van der Waals surface area contributed by atoms with Gasteiger partial charge in [-0.05, 0) is 30.2 Å². The normalized spacial score (nSPS) is 12.1. The van der Waals surface area contributed by atoms with Crippen molar-refractivity contribution < 1.29 is 15.0 Å². The number of carbonyl (C=O) groups is 1. The molecule has 1 N–H and O–H groups in total. The van der Waals surface area contributed by atoms with Crippen LogP contribution in [0.2, 0.25) is 0 Å². The number of rotatable bonds is 4. The average Bonchev–Trinajstić information content (AvgIpc) is 2.40. The van der Waals surface area contributed by atoms with Gasteiger partial charge in [-0.3, -0.25) is 0 Å². The van der Waals surface area contributed by atoms with Crippen LogP contribution in [0.4, 0.5) is 0 Å². The van der Waals surface area contributed by atoms with Crippen molar-refractivity contribution >= 4 is 21.9 Å². The summed E-state index contributed by atoms with van der Waals surface area (Å²) in [6.07, 6.45) is -0.173. The Morgan fingerprint density at radius 2 is 1.89 bits per heavy atom. The van der Waals surface area contributed by atoms with E-state index in [1.165, 1.54) is 0 Å². The van der Waals surface area contributed by atoms with Crippen LogP contribution in [-0.2, 0) is 4.79 Å². The second kappa shape index (κ2) is 5.89. The number of hydrogen-bond acceptors (Lipinski definition) is 3. The summed E-state index contributed by atoms with van der Waals surface area (Å²) in [5.41, 5.74) is 1.41. The molecule has 98 valence electrons. The van der Waals surface area contributed by atoms with Crippen molar-refractivity contribution in [3.8, 4) is 5.75 Å². The van der Waals surface area contributed by atoms with Gasteiger partial charge in [-0.25, -0.2) is 0 Å². The van der Waals surface area contributed by atoms with Crippen molar-refractivity contribution in [3.05, 3.63) is 64.1 Å². The zero-order valence-corrected chi connectivity index (χ0v) is 11.6. The van der Waals surface area contributed by atoms with E-state index in [1.807, 2.05) is 30.3 Å². The summed E-state index contributed by atoms with van der Waals surface area (Å²) in [4.78, 5) is 10.9. The molecule has 4 heteroatoms. The maximum absolute atomic E-state index is 10.9. The fourth-order valence-electron chi connectivity index (χ4n) is 2.06. The van der Waals surface area contributed by atoms with Gasteiger partial charge in [0.2, 0.25) is 0 Å². The number of halogens is 1. The summed E-state index contributed by atoms with van der Waals surface area (Å²) in [5, 5.41) is 20.9. The minimum absolute atomic E-state index is 0.0818. The van der Waals surface area contributed by atoms with Gasteiger partial charge in [-0.2, -0.15) is 0 Å². The van der Waals surface area contributed by atoms with Gasteiger partial charge in [0.25, 0.3) is 0 Å². The quantitative estimate of drug-likeness (QED) is 0.941. The molecule has 0 fully saturated rings. The third kappa shape index (κ3) is 3.35. The number of benzene rings is 2. The van der Waals surface area contributed by atoms with Gasteiger partial charge in [0, 0.05) is 21.9 Å². The van der Waals surface area contributed by atoms with Crippen LogP contribution in [0.3, 0.4) is 0 Å². The van der Waals surface area contributed by atoms with Crippen molar-refractivity contribution in [1.29, 1.82) is 0 Å². The van der Waals surface area contributed by atoms with E-state index in [0.717, 1.165) is 10.0 Å². The maximum Gasteiger partial charge on any atom is 0.119 e. The van der Waals surface area contributed by atoms with Crippen LogP contribution in [0.15, 0.2) is 53.0 Å². The molecule has 0 spiro atoms. The zero-order chi connectivity index (χ0) is 13.8. The number of carboxylic acids is 1. The van der Waals surface area contributed by atoms with Crippen molar-refractivity contribution in [3.63, 3.8) is 0 Å². The number of aliphatic carboxylic acids is 1. The molecule has 0 aliphatic rings. The van der Waals surface area contributed by atoms with Crippen molar-refractivity contribution in [2.75, 3.05) is 0 Å². The molecule has 0 aliphatic carbocycles. The van der Waals surface area contributed by atoms with E-state index in [9.17, 15) is 15.0 Å². The number of carboxylic acid groups (broad SMARTS) is 1. The molecule has 0 aromatic heterocycles. The Hall–Kier alpha value is -1.81. The maximum atomic E-state index is 10.9. The van der Waals surface area contributed by atoms with E-state index in [1.54, 1.807) is 18.2 Å². The van der Waals surface area contributed by atoms with E-state index >= 15 is 0 Å². The Morgan fingerprint density at radius 3 is 2.53 bits per heavy atom. The van der Waals surface area contributed by atoms with E-state index in [4.69, 9.17) is 0 Å². The smallest absolute Gasteiger partial charge is 0.119 e. The van der Waals surface area contributed by atoms with Gasteiger partial charge >= 0.3 is 0 Å². The molecule has 0 saturated heterocycles. The molecule has 2 aromatic rings. The zero-order valence-electron chi connectivity index (χ0n) is 10.0. The van der Waals surface area contributed by atoms with Crippen molar-refractivity contribution in [1.82, 2.24) is 0 Å². The Bertz CT molecular complexity index is 581. The summed E-state index contributed by atoms with van der Waals surface area (Å²) in [5.74, 6) is -1.49. The number of carbonyl (C=O) groups excluding carboxylic acids is 1. The molecule has 3 nitrogen and oxygen atoms in total. The van der Waals surface area contributed by atoms with Gasteiger partial charge in [-0.1, -0.05) is 46.3 Å². The molecule has 0 amide bonds. The number of aromatic hydroxyl groups is 1. The lowest BCUT2D eigenvalue weighted by Crippen LogP contribution is -2.25.